The van der Waals surface area contributed by atoms with Crippen molar-refractivity contribution in [3.8, 4) is 0 Å². The average molecular weight is 218 g/mol. The van der Waals surface area contributed by atoms with Crippen molar-refractivity contribution in [3.63, 3.8) is 0 Å². The van der Waals surface area contributed by atoms with E-state index in [4.69, 9.17) is 0 Å². The molecule has 2 aromatic heterocycles. The molecule has 1 atom stereocenters. The van der Waals surface area contributed by atoms with Gasteiger partial charge in [-0.05, 0) is 29.8 Å². The summed E-state index contributed by atoms with van der Waals surface area (Å²) in [4.78, 5) is 7.72. The van der Waals surface area contributed by atoms with Gasteiger partial charge in [-0.2, -0.15) is 0 Å². The van der Waals surface area contributed by atoms with Gasteiger partial charge in [0, 0.05) is 18.8 Å². The van der Waals surface area contributed by atoms with Crippen LogP contribution in [-0.2, 0) is 6.42 Å². The molecule has 0 fully saturated rings. The quantitative estimate of drug-likeness (QED) is 0.855. The molecule has 2 aromatic rings. The zero-order chi connectivity index (χ0) is 11.4. The van der Waals surface area contributed by atoms with Gasteiger partial charge in [-0.25, -0.2) is 4.39 Å². The van der Waals surface area contributed by atoms with Crippen molar-refractivity contribution in [2.75, 3.05) is 0 Å². The molecule has 82 valence electrons. The summed E-state index contributed by atoms with van der Waals surface area (Å²) >= 11 is 0. The number of hydrogen-bond donors (Lipinski definition) is 1. The molecule has 0 aliphatic carbocycles. The lowest BCUT2D eigenvalue weighted by molar-refractivity contribution is 0.173. The van der Waals surface area contributed by atoms with Gasteiger partial charge in [-0.1, -0.05) is 0 Å². The number of rotatable bonds is 3. The van der Waals surface area contributed by atoms with Crippen LogP contribution in [0.2, 0.25) is 0 Å². The van der Waals surface area contributed by atoms with Gasteiger partial charge in [0.1, 0.15) is 5.82 Å². The fourth-order valence-corrected chi connectivity index (χ4v) is 1.43. The van der Waals surface area contributed by atoms with Gasteiger partial charge in [-0.3, -0.25) is 9.97 Å². The van der Waals surface area contributed by atoms with Crippen molar-refractivity contribution in [1.82, 2.24) is 9.97 Å². The fourth-order valence-electron chi connectivity index (χ4n) is 1.43. The molecule has 0 aromatic carbocycles. The largest absolute Gasteiger partial charge is 0.386 e. The van der Waals surface area contributed by atoms with Crippen molar-refractivity contribution in [2.24, 2.45) is 0 Å². The maximum atomic E-state index is 12.6. The molecule has 16 heavy (non-hydrogen) atoms. The van der Waals surface area contributed by atoms with Crippen LogP contribution in [0.15, 0.2) is 42.9 Å². The third kappa shape index (κ3) is 2.61. The number of hydrogen-bond acceptors (Lipinski definition) is 3. The Morgan fingerprint density at radius 1 is 1.19 bits per heavy atom. The van der Waals surface area contributed by atoms with Crippen molar-refractivity contribution in [1.29, 1.82) is 0 Å². The highest BCUT2D eigenvalue weighted by molar-refractivity contribution is 5.15. The van der Waals surface area contributed by atoms with E-state index < -0.39 is 11.9 Å². The summed E-state index contributed by atoms with van der Waals surface area (Å²) in [6.45, 7) is 0. The highest BCUT2D eigenvalue weighted by Crippen LogP contribution is 2.15. The predicted molar refractivity (Wildman–Crippen MR) is 57.1 cm³/mol. The molecule has 0 aliphatic heterocycles. The highest BCUT2D eigenvalue weighted by Gasteiger charge is 2.09. The minimum absolute atomic E-state index is 0.403. The summed E-state index contributed by atoms with van der Waals surface area (Å²) in [5.74, 6) is -0.403. The number of pyridine rings is 2. The molecule has 0 bridgehead atoms. The minimum atomic E-state index is -0.719. The molecule has 2 rings (SSSR count). The number of aromatic nitrogens is 2. The Bertz CT molecular complexity index is 444. The summed E-state index contributed by atoms with van der Waals surface area (Å²) in [5, 5.41) is 9.86. The molecule has 1 N–H and O–H groups in total. The van der Waals surface area contributed by atoms with Crippen LogP contribution in [0.5, 0.6) is 0 Å². The monoisotopic (exact) mass is 218 g/mol. The lowest BCUT2D eigenvalue weighted by atomic mass is 10.1. The first-order valence-electron chi connectivity index (χ1n) is 4.94. The van der Waals surface area contributed by atoms with E-state index in [0.29, 0.717) is 12.1 Å². The predicted octanol–water partition coefficient (Wildman–Crippen LogP) is 1.89. The molecular formula is C12H11FN2O. The SMILES string of the molecule is OC(Cc1ccncc1)c1ccc(F)cn1. The molecule has 0 radical (unpaired) electrons. The summed E-state index contributed by atoms with van der Waals surface area (Å²) in [7, 11) is 0. The third-order valence-electron chi connectivity index (χ3n) is 2.27. The second-order valence-corrected chi connectivity index (χ2v) is 3.48. The number of aliphatic hydroxyl groups is 1. The first-order valence-corrected chi connectivity index (χ1v) is 4.94. The third-order valence-corrected chi connectivity index (χ3v) is 2.27. The summed E-state index contributed by atoms with van der Waals surface area (Å²) < 4.78 is 12.6. The Morgan fingerprint density at radius 2 is 1.94 bits per heavy atom. The zero-order valence-electron chi connectivity index (χ0n) is 8.55. The van der Waals surface area contributed by atoms with Crippen LogP contribution in [0.3, 0.4) is 0 Å². The van der Waals surface area contributed by atoms with Gasteiger partial charge in [0.2, 0.25) is 0 Å². The van der Waals surface area contributed by atoms with Crippen molar-refractivity contribution >= 4 is 0 Å². The first kappa shape index (κ1) is 10.7. The topological polar surface area (TPSA) is 46.0 Å². The fraction of sp³-hybridized carbons (Fsp3) is 0.167. The van der Waals surface area contributed by atoms with E-state index in [1.54, 1.807) is 12.4 Å². The molecule has 2 heterocycles. The maximum absolute atomic E-state index is 12.6. The molecule has 0 saturated carbocycles. The number of halogens is 1. The van der Waals surface area contributed by atoms with E-state index in [1.807, 2.05) is 12.1 Å². The standard InChI is InChI=1S/C12H11FN2O/c13-10-1-2-11(15-8-10)12(16)7-9-3-5-14-6-4-9/h1-6,8,12,16H,7H2. The smallest absolute Gasteiger partial charge is 0.141 e. The second-order valence-electron chi connectivity index (χ2n) is 3.48. The Hall–Kier alpha value is -1.81. The normalized spacial score (nSPS) is 12.4. The van der Waals surface area contributed by atoms with Crippen molar-refractivity contribution in [3.05, 3.63) is 59.9 Å². The van der Waals surface area contributed by atoms with Crippen LogP contribution in [0.4, 0.5) is 4.39 Å². The highest BCUT2D eigenvalue weighted by atomic mass is 19.1. The first-order chi connectivity index (χ1) is 7.75. The molecule has 0 spiro atoms. The lowest BCUT2D eigenvalue weighted by Gasteiger charge is -2.09. The van der Waals surface area contributed by atoms with Crippen molar-refractivity contribution in [2.45, 2.75) is 12.5 Å². The molecule has 0 saturated heterocycles. The van der Waals surface area contributed by atoms with E-state index >= 15 is 0 Å². The van der Waals surface area contributed by atoms with E-state index in [2.05, 4.69) is 9.97 Å². The molecule has 0 amide bonds. The number of nitrogens with zero attached hydrogens (tertiary/aromatic N) is 2. The van der Waals surface area contributed by atoms with Crippen LogP contribution in [0, 0.1) is 5.82 Å². The maximum Gasteiger partial charge on any atom is 0.141 e. The molecule has 1 unspecified atom stereocenters. The molecule has 0 aliphatic rings. The number of aliphatic hydroxyl groups excluding tert-OH is 1. The molecule has 3 nitrogen and oxygen atoms in total. The van der Waals surface area contributed by atoms with Gasteiger partial charge in [-0.15, -0.1) is 0 Å². The summed E-state index contributed by atoms with van der Waals surface area (Å²) in [6.07, 6.45) is 4.16. The average Bonchev–Trinajstić information content (AvgIpc) is 2.31. The van der Waals surface area contributed by atoms with E-state index in [0.717, 1.165) is 11.8 Å². The van der Waals surface area contributed by atoms with E-state index in [1.165, 1.54) is 12.1 Å². The lowest BCUT2D eigenvalue weighted by Crippen LogP contribution is -2.04. The molecule has 4 heteroatoms. The Morgan fingerprint density at radius 3 is 2.56 bits per heavy atom. The van der Waals surface area contributed by atoms with Crippen molar-refractivity contribution < 1.29 is 9.50 Å². The zero-order valence-corrected chi connectivity index (χ0v) is 8.55. The van der Waals surface area contributed by atoms with Gasteiger partial charge in [0.25, 0.3) is 0 Å². The van der Waals surface area contributed by atoms with Crippen LogP contribution < -0.4 is 0 Å². The van der Waals surface area contributed by atoms with Gasteiger partial charge >= 0.3 is 0 Å². The minimum Gasteiger partial charge on any atom is -0.386 e. The van der Waals surface area contributed by atoms with Crippen LogP contribution in [0.25, 0.3) is 0 Å². The van der Waals surface area contributed by atoms with Gasteiger partial charge in [0.05, 0.1) is 18.0 Å². The van der Waals surface area contributed by atoms with Crippen LogP contribution in [0.1, 0.15) is 17.4 Å². The van der Waals surface area contributed by atoms with Crippen LogP contribution in [-0.4, -0.2) is 15.1 Å². The Balaban J connectivity index is 2.09. The van der Waals surface area contributed by atoms with E-state index in [9.17, 15) is 9.50 Å². The molecular weight excluding hydrogens is 207 g/mol. The van der Waals surface area contributed by atoms with Gasteiger partial charge < -0.3 is 5.11 Å². The second kappa shape index (κ2) is 4.81. The van der Waals surface area contributed by atoms with E-state index in [-0.39, 0.29) is 0 Å². The Labute approximate surface area is 92.6 Å². The van der Waals surface area contributed by atoms with Crippen LogP contribution >= 0.6 is 0 Å². The summed E-state index contributed by atoms with van der Waals surface area (Å²) in [5.41, 5.74) is 1.44. The Kier molecular flexibility index (Phi) is 3.22. The summed E-state index contributed by atoms with van der Waals surface area (Å²) in [6, 6.07) is 6.43. The van der Waals surface area contributed by atoms with Gasteiger partial charge in [0.15, 0.2) is 0 Å².